The number of aldehydes is 1. The Morgan fingerprint density at radius 2 is 1.80 bits per heavy atom. The van der Waals surface area contributed by atoms with Crippen LogP contribution in [0.4, 0.5) is 13.2 Å². The standard InChI is InChI=1S/C23H17Cl3F3N3O2S/c24-14-6-4-13(5-7-14)22-30-32(20(12-33)31(22)11-19(34)23(27,28)29)10-15-8-9-18(35-15)16-2-1-3-17(25)21(16)26/h1-9,12,19-20,34H,10-11H2/t19-,20?/m0/s1. The number of benzene rings is 2. The van der Waals surface area contributed by atoms with Crippen molar-refractivity contribution in [1.82, 2.24) is 9.91 Å². The summed E-state index contributed by atoms with van der Waals surface area (Å²) in [4.78, 5) is 14.8. The van der Waals surface area contributed by atoms with Crippen LogP contribution in [0, 0.1) is 0 Å². The number of carbonyl (C=O) groups is 1. The van der Waals surface area contributed by atoms with Crippen molar-refractivity contribution in [2.75, 3.05) is 6.54 Å². The normalized spacial score (nSPS) is 17.0. The van der Waals surface area contributed by atoms with Crippen LogP contribution >= 0.6 is 46.1 Å². The number of nitrogens with zero attached hydrogens (tertiary/aromatic N) is 3. The molecule has 4 rings (SSSR count). The number of aliphatic hydroxyl groups excluding tert-OH is 1. The number of halogens is 6. The molecule has 2 aromatic carbocycles. The van der Waals surface area contributed by atoms with Gasteiger partial charge in [0.1, 0.15) is 0 Å². The second-order valence-corrected chi connectivity index (χ2v) is 10.0. The van der Waals surface area contributed by atoms with E-state index in [2.05, 4.69) is 5.10 Å². The van der Waals surface area contributed by atoms with E-state index in [0.29, 0.717) is 26.9 Å². The monoisotopic (exact) mass is 561 g/mol. The summed E-state index contributed by atoms with van der Waals surface area (Å²) in [7, 11) is 0. The van der Waals surface area contributed by atoms with Gasteiger partial charge >= 0.3 is 6.18 Å². The SMILES string of the molecule is O=CC1N(Cc2ccc(-c3cccc(Cl)c3Cl)s2)N=C(c2ccc(Cl)cc2)N1C[C@H](O)C(F)(F)F. The number of hydrogen-bond donors (Lipinski definition) is 1. The van der Waals surface area contributed by atoms with Gasteiger partial charge in [-0.05, 0) is 42.5 Å². The minimum Gasteiger partial charge on any atom is -0.382 e. The van der Waals surface area contributed by atoms with E-state index in [1.54, 1.807) is 36.4 Å². The number of β-amino-alcohol motifs (C(OH)–C–C–N with tert-alkyl or cyclic N) is 1. The van der Waals surface area contributed by atoms with Crippen molar-refractivity contribution in [2.24, 2.45) is 5.10 Å². The van der Waals surface area contributed by atoms with Crippen molar-refractivity contribution in [1.29, 1.82) is 0 Å². The fourth-order valence-electron chi connectivity index (χ4n) is 3.57. The highest BCUT2D eigenvalue weighted by atomic mass is 35.5. The Morgan fingerprint density at radius 3 is 2.46 bits per heavy atom. The third-order valence-electron chi connectivity index (χ3n) is 5.29. The van der Waals surface area contributed by atoms with E-state index in [1.807, 2.05) is 18.2 Å². The van der Waals surface area contributed by atoms with Crippen LogP contribution in [-0.2, 0) is 11.3 Å². The summed E-state index contributed by atoms with van der Waals surface area (Å²) >= 11 is 19.8. The maximum atomic E-state index is 13.1. The molecule has 0 radical (unpaired) electrons. The lowest BCUT2D eigenvalue weighted by Gasteiger charge is -2.30. The van der Waals surface area contributed by atoms with E-state index in [1.165, 1.54) is 16.3 Å². The van der Waals surface area contributed by atoms with Gasteiger partial charge in [-0.25, -0.2) is 0 Å². The fourth-order valence-corrected chi connectivity index (χ4v) is 5.18. The Kier molecular flexibility index (Phi) is 7.63. The number of thiophene rings is 1. The van der Waals surface area contributed by atoms with E-state index in [9.17, 15) is 23.1 Å². The molecular formula is C23H17Cl3F3N3O2S. The molecule has 184 valence electrons. The molecule has 2 atom stereocenters. The minimum atomic E-state index is -4.86. The molecule has 1 aliphatic rings. The average Bonchev–Trinajstić information content (AvgIpc) is 3.40. The molecule has 0 bridgehead atoms. The molecule has 0 spiro atoms. The second-order valence-electron chi connectivity index (χ2n) is 7.65. The van der Waals surface area contributed by atoms with Crippen LogP contribution in [0.25, 0.3) is 10.4 Å². The van der Waals surface area contributed by atoms with Crippen molar-refractivity contribution in [3.63, 3.8) is 0 Å². The average molecular weight is 563 g/mol. The Labute approximate surface area is 217 Å². The summed E-state index contributed by atoms with van der Waals surface area (Å²) in [6.45, 7) is -0.722. The van der Waals surface area contributed by atoms with Gasteiger partial charge in [0, 0.05) is 25.9 Å². The Bertz CT molecular complexity index is 1250. The molecule has 1 aliphatic heterocycles. The smallest absolute Gasteiger partial charge is 0.382 e. The van der Waals surface area contributed by atoms with E-state index in [4.69, 9.17) is 34.8 Å². The van der Waals surface area contributed by atoms with Gasteiger partial charge in [-0.15, -0.1) is 11.3 Å². The van der Waals surface area contributed by atoms with Gasteiger partial charge in [-0.1, -0.05) is 46.9 Å². The first-order chi connectivity index (χ1) is 16.6. The molecule has 0 amide bonds. The van der Waals surface area contributed by atoms with Crippen LogP contribution in [0.15, 0.2) is 59.7 Å². The lowest BCUT2D eigenvalue weighted by Crippen LogP contribution is -2.49. The van der Waals surface area contributed by atoms with Crippen molar-refractivity contribution >= 4 is 58.3 Å². The van der Waals surface area contributed by atoms with E-state index >= 15 is 0 Å². The topological polar surface area (TPSA) is 56.1 Å². The number of aliphatic hydroxyl groups is 1. The van der Waals surface area contributed by atoms with Crippen LogP contribution in [0.1, 0.15) is 10.4 Å². The highest BCUT2D eigenvalue weighted by Crippen LogP contribution is 2.38. The largest absolute Gasteiger partial charge is 0.416 e. The van der Waals surface area contributed by atoms with E-state index in [-0.39, 0.29) is 12.4 Å². The molecular weight excluding hydrogens is 546 g/mol. The maximum Gasteiger partial charge on any atom is 0.416 e. The Hall–Kier alpha value is -2.30. The van der Waals surface area contributed by atoms with Gasteiger partial charge in [0.15, 0.2) is 24.4 Å². The highest BCUT2D eigenvalue weighted by molar-refractivity contribution is 7.15. The van der Waals surface area contributed by atoms with E-state index in [0.717, 1.165) is 20.2 Å². The number of rotatable bonds is 7. The first kappa shape index (κ1) is 25.8. The predicted octanol–water partition coefficient (Wildman–Crippen LogP) is 6.30. The molecule has 1 unspecified atom stereocenters. The van der Waals surface area contributed by atoms with Crippen molar-refractivity contribution in [3.05, 3.63) is 80.1 Å². The van der Waals surface area contributed by atoms with Crippen LogP contribution < -0.4 is 0 Å². The lowest BCUT2D eigenvalue weighted by atomic mass is 10.1. The summed E-state index contributed by atoms with van der Waals surface area (Å²) < 4.78 is 39.4. The predicted molar refractivity (Wildman–Crippen MR) is 132 cm³/mol. The molecule has 35 heavy (non-hydrogen) atoms. The van der Waals surface area contributed by atoms with Gasteiger partial charge in [-0.2, -0.15) is 18.3 Å². The summed E-state index contributed by atoms with van der Waals surface area (Å²) in [5.41, 5.74) is 1.19. The molecule has 3 aromatic rings. The highest BCUT2D eigenvalue weighted by Gasteiger charge is 2.44. The van der Waals surface area contributed by atoms with E-state index < -0.39 is 25.0 Å². The Balaban J connectivity index is 1.65. The molecule has 0 fully saturated rings. The first-order valence-electron chi connectivity index (χ1n) is 10.2. The van der Waals surface area contributed by atoms with Crippen LogP contribution in [0.5, 0.6) is 0 Å². The van der Waals surface area contributed by atoms with Gasteiger partial charge in [-0.3, -0.25) is 9.80 Å². The molecule has 0 saturated heterocycles. The van der Waals surface area contributed by atoms with Crippen molar-refractivity contribution < 1.29 is 23.1 Å². The van der Waals surface area contributed by atoms with Gasteiger partial charge in [0.25, 0.3) is 0 Å². The van der Waals surface area contributed by atoms with Crippen molar-refractivity contribution in [3.8, 4) is 10.4 Å². The Morgan fingerprint density at radius 1 is 1.09 bits per heavy atom. The molecule has 12 heteroatoms. The molecule has 1 aromatic heterocycles. The van der Waals surface area contributed by atoms with Crippen LogP contribution in [0.3, 0.4) is 0 Å². The molecule has 2 heterocycles. The van der Waals surface area contributed by atoms with Gasteiger partial charge in [0.2, 0.25) is 0 Å². The third-order valence-corrected chi connectivity index (χ3v) is 7.46. The summed E-state index contributed by atoms with van der Waals surface area (Å²) in [6, 6.07) is 15.3. The number of amidine groups is 1. The third kappa shape index (κ3) is 5.59. The molecule has 0 aliphatic carbocycles. The lowest BCUT2D eigenvalue weighted by molar-refractivity contribution is -0.207. The zero-order valence-corrected chi connectivity index (χ0v) is 20.8. The van der Waals surface area contributed by atoms with Gasteiger partial charge in [0.05, 0.1) is 23.1 Å². The summed E-state index contributed by atoms with van der Waals surface area (Å²) in [5.74, 6) is 0.122. The number of hydrazone groups is 1. The zero-order valence-electron chi connectivity index (χ0n) is 17.7. The second kappa shape index (κ2) is 10.4. The molecule has 1 N–H and O–H groups in total. The minimum absolute atomic E-state index is 0.122. The first-order valence-corrected chi connectivity index (χ1v) is 12.1. The quantitative estimate of drug-likeness (QED) is 0.343. The molecule has 5 nitrogen and oxygen atoms in total. The van der Waals surface area contributed by atoms with Crippen molar-refractivity contribution in [2.45, 2.75) is 25.0 Å². The fraction of sp³-hybridized carbons (Fsp3) is 0.217. The van der Waals surface area contributed by atoms with Crippen LogP contribution in [-0.4, -0.2) is 52.1 Å². The number of hydrogen-bond acceptors (Lipinski definition) is 6. The number of carbonyl (C=O) groups excluding carboxylic acids is 1. The number of alkyl halides is 3. The maximum absolute atomic E-state index is 13.1. The summed E-state index contributed by atoms with van der Waals surface area (Å²) in [6.07, 6.45) is -8.18. The summed E-state index contributed by atoms with van der Waals surface area (Å²) in [5, 5.41) is 16.8. The zero-order chi connectivity index (χ0) is 25.3. The van der Waals surface area contributed by atoms with Crippen LogP contribution in [0.2, 0.25) is 15.1 Å². The molecule has 0 saturated carbocycles. The van der Waals surface area contributed by atoms with Gasteiger partial charge < -0.3 is 10.0 Å².